The van der Waals surface area contributed by atoms with Crippen molar-refractivity contribution in [2.45, 2.75) is 39.0 Å². The van der Waals surface area contributed by atoms with Crippen molar-refractivity contribution in [2.24, 2.45) is 13.0 Å². The smallest absolute Gasteiger partial charge is 0.224 e. The van der Waals surface area contributed by atoms with Gasteiger partial charge in [-0.2, -0.15) is 0 Å². The summed E-state index contributed by atoms with van der Waals surface area (Å²) in [7, 11) is 2.20. The van der Waals surface area contributed by atoms with E-state index in [1.54, 1.807) is 0 Å². The molecule has 0 amide bonds. The Hall–Kier alpha value is -3.13. The first-order chi connectivity index (χ1) is 15.2. The van der Waals surface area contributed by atoms with Crippen molar-refractivity contribution in [2.75, 3.05) is 0 Å². The summed E-state index contributed by atoms with van der Waals surface area (Å²) >= 11 is 0. The van der Waals surface area contributed by atoms with Crippen molar-refractivity contribution in [1.82, 2.24) is 4.40 Å². The van der Waals surface area contributed by atoms with Crippen molar-refractivity contribution in [3.63, 3.8) is 0 Å². The molecule has 0 N–H and O–H groups in total. The molecular weight excluding hydrogens is 376 g/mol. The third-order valence-corrected chi connectivity index (χ3v) is 7.80. The van der Waals surface area contributed by atoms with Crippen molar-refractivity contribution in [3.05, 3.63) is 71.9 Å². The lowest BCUT2D eigenvalue weighted by Gasteiger charge is -2.15. The molecule has 0 spiro atoms. The van der Waals surface area contributed by atoms with E-state index in [9.17, 15) is 0 Å². The van der Waals surface area contributed by atoms with Gasteiger partial charge in [0, 0.05) is 16.8 Å². The van der Waals surface area contributed by atoms with Crippen LogP contribution in [0.15, 0.2) is 60.8 Å². The van der Waals surface area contributed by atoms with Crippen LogP contribution in [0.3, 0.4) is 0 Å². The predicted octanol–water partition coefficient (Wildman–Crippen LogP) is 6.86. The summed E-state index contributed by atoms with van der Waals surface area (Å²) in [5.74, 6) is 0.850. The molecule has 1 aliphatic carbocycles. The molecule has 3 aromatic heterocycles. The quantitative estimate of drug-likeness (QED) is 0.170. The standard InChI is InChI=1S/C29H27N2/c1-18-11-12-23-22-9-5-6-10-24(22)31-25-17-20(15-19-7-3-4-8-19)16-21-13-14-30(2)29(27(21)25)26(18)28(23)31/h5-6,9-14,16-17,19H,3-4,7-8,15H2,1-2H3/q+1. The maximum atomic E-state index is 2.56. The molecule has 7 rings (SSSR count). The van der Waals surface area contributed by atoms with Crippen LogP contribution in [-0.4, -0.2) is 4.40 Å². The molecule has 2 nitrogen and oxygen atoms in total. The number of aromatic nitrogens is 2. The summed E-state index contributed by atoms with van der Waals surface area (Å²) in [6.07, 6.45) is 9.04. The van der Waals surface area contributed by atoms with Crippen LogP contribution in [0.5, 0.6) is 0 Å². The van der Waals surface area contributed by atoms with Crippen molar-refractivity contribution in [3.8, 4) is 0 Å². The number of aryl methyl sites for hydroxylation is 2. The van der Waals surface area contributed by atoms with E-state index in [1.165, 1.54) is 92.2 Å². The molecule has 2 heteroatoms. The second kappa shape index (κ2) is 6.20. The minimum Gasteiger partial charge on any atom is -0.307 e. The Bertz CT molecular complexity index is 1630. The van der Waals surface area contributed by atoms with Gasteiger partial charge in [0.05, 0.1) is 27.3 Å². The van der Waals surface area contributed by atoms with Crippen LogP contribution in [0.4, 0.5) is 0 Å². The van der Waals surface area contributed by atoms with Gasteiger partial charge in [0.15, 0.2) is 6.20 Å². The maximum absolute atomic E-state index is 2.56. The number of benzene rings is 3. The van der Waals surface area contributed by atoms with Crippen molar-refractivity contribution in [1.29, 1.82) is 0 Å². The molecule has 1 aliphatic rings. The van der Waals surface area contributed by atoms with Crippen LogP contribution in [0.1, 0.15) is 36.8 Å². The molecule has 0 radical (unpaired) electrons. The molecule has 1 fully saturated rings. The van der Waals surface area contributed by atoms with Gasteiger partial charge in [-0.3, -0.25) is 0 Å². The van der Waals surface area contributed by atoms with Gasteiger partial charge in [0.2, 0.25) is 5.52 Å². The number of pyridine rings is 2. The lowest BCUT2D eigenvalue weighted by molar-refractivity contribution is -0.643. The number of rotatable bonds is 2. The summed E-state index contributed by atoms with van der Waals surface area (Å²) in [6, 6.07) is 20.8. The highest BCUT2D eigenvalue weighted by atomic mass is 15.0. The molecule has 1 saturated carbocycles. The minimum absolute atomic E-state index is 0.850. The number of para-hydroxylation sites is 1. The summed E-state index contributed by atoms with van der Waals surface area (Å²) in [6.45, 7) is 2.26. The molecule has 0 unspecified atom stereocenters. The predicted molar refractivity (Wildman–Crippen MR) is 130 cm³/mol. The highest BCUT2D eigenvalue weighted by Crippen LogP contribution is 2.41. The Kier molecular flexibility index (Phi) is 3.51. The Balaban J connectivity index is 1.73. The minimum atomic E-state index is 0.850. The average molecular weight is 404 g/mol. The SMILES string of the molecule is Cc1ccc2c3ccccc3n3c4cc(CC5CCCC5)cc5cc[n+](C)c(c1c23)c54. The third-order valence-electron chi connectivity index (χ3n) is 7.80. The fourth-order valence-electron chi connectivity index (χ4n) is 6.39. The molecule has 3 heterocycles. The zero-order chi connectivity index (χ0) is 20.7. The fourth-order valence-corrected chi connectivity index (χ4v) is 6.39. The van der Waals surface area contributed by atoms with E-state index in [2.05, 4.69) is 83.7 Å². The van der Waals surface area contributed by atoms with E-state index in [1.807, 2.05) is 0 Å². The summed E-state index contributed by atoms with van der Waals surface area (Å²) in [4.78, 5) is 0. The van der Waals surface area contributed by atoms with Crippen molar-refractivity contribution >= 4 is 49.0 Å². The van der Waals surface area contributed by atoms with Gasteiger partial charge >= 0.3 is 0 Å². The van der Waals surface area contributed by atoms with E-state index < -0.39 is 0 Å². The number of fused-ring (bicyclic) bond motifs is 5. The van der Waals surface area contributed by atoms with Gasteiger partial charge in [0.1, 0.15) is 7.05 Å². The van der Waals surface area contributed by atoms with Crippen LogP contribution in [0, 0.1) is 12.8 Å². The first-order valence-corrected chi connectivity index (χ1v) is 11.7. The number of hydrogen-bond acceptors (Lipinski definition) is 0. The third kappa shape index (κ3) is 2.31. The Morgan fingerprint density at radius 3 is 2.61 bits per heavy atom. The van der Waals surface area contributed by atoms with E-state index in [0.29, 0.717) is 0 Å². The summed E-state index contributed by atoms with van der Waals surface area (Å²) in [5.41, 5.74) is 8.26. The molecule has 152 valence electrons. The van der Waals surface area contributed by atoms with E-state index in [-0.39, 0.29) is 0 Å². The van der Waals surface area contributed by atoms with E-state index >= 15 is 0 Å². The highest BCUT2D eigenvalue weighted by molar-refractivity contribution is 6.25. The van der Waals surface area contributed by atoms with Gasteiger partial charge in [-0.15, -0.1) is 0 Å². The zero-order valence-corrected chi connectivity index (χ0v) is 18.3. The molecule has 3 aromatic carbocycles. The second-order valence-corrected chi connectivity index (χ2v) is 9.72. The van der Waals surface area contributed by atoms with Crippen LogP contribution in [0.2, 0.25) is 0 Å². The average Bonchev–Trinajstić information content (AvgIpc) is 3.40. The van der Waals surface area contributed by atoms with Crippen LogP contribution in [0.25, 0.3) is 49.0 Å². The van der Waals surface area contributed by atoms with Gasteiger partial charge in [-0.1, -0.05) is 62.1 Å². The first kappa shape index (κ1) is 17.5. The van der Waals surface area contributed by atoms with Crippen LogP contribution in [-0.2, 0) is 13.5 Å². The van der Waals surface area contributed by atoms with E-state index in [4.69, 9.17) is 0 Å². The first-order valence-electron chi connectivity index (χ1n) is 11.7. The largest absolute Gasteiger partial charge is 0.307 e. The fraction of sp³-hybridized carbons (Fsp3) is 0.276. The monoisotopic (exact) mass is 403 g/mol. The molecule has 0 saturated heterocycles. The summed E-state index contributed by atoms with van der Waals surface area (Å²) in [5, 5.41) is 6.87. The van der Waals surface area contributed by atoms with Crippen molar-refractivity contribution < 1.29 is 4.57 Å². The molecular formula is C29H27N2+. The Labute approximate surface area is 182 Å². The normalized spacial score (nSPS) is 15.5. The molecule has 6 aromatic rings. The molecule has 0 atom stereocenters. The number of hydrogen-bond donors (Lipinski definition) is 0. The lowest BCUT2D eigenvalue weighted by atomic mass is 9.94. The zero-order valence-electron chi connectivity index (χ0n) is 18.3. The number of nitrogens with zero attached hydrogens (tertiary/aromatic N) is 2. The van der Waals surface area contributed by atoms with Gasteiger partial charge in [0.25, 0.3) is 0 Å². The topological polar surface area (TPSA) is 8.29 Å². The second-order valence-electron chi connectivity index (χ2n) is 9.72. The highest BCUT2D eigenvalue weighted by Gasteiger charge is 2.24. The molecule has 0 aliphatic heterocycles. The molecule has 0 bridgehead atoms. The lowest BCUT2D eigenvalue weighted by Crippen LogP contribution is -2.29. The Morgan fingerprint density at radius 2 is 1.74 bits per heavy atom. The summed E-state index contributed by atoms with van der Waals surface area (Å²) < 4.78 is 4.88. The van der Waals surface area contributed by atoms with Crippen LogP contribution >= 0.6 is 0 Å². The van der Waals surface area contributed by atoms with E-state index in [0.717, 1.165) is 5.92 Å². The van der Waals surface area contributed by atoms with Crippen LogP contribution < -0.4 is 4.57 Å². The van der Waals surface area contributed by atoms with Gasteiger partial charge in [-0.05, 0) is 47.9 Å². The van der Waals surface area contributed by atoms with Gasteiger partial charge in [-0.25, -0.2) is 4.57 Å². The van der Waals surface area contributed by atoms with Gasteiger partial charge < -0.3 is 4.40 Å². The Morgan fingerprint density at radius 1 is 0.903 bits per heavy atom. The molecule has 31 heavy (non-hydrogen) atoms. The maximum Gasteiger partial charge on any atom is 0.224 e.